The van der Waals surface area contributed by atoms with Gasteiger partial charge < -0.3 is 94.1 Å². The normalized spacial score (nSPS) is 36.9. The molecule has 3 fully saturated rings. The maximum absolute atomic E-state index is 14.0. The number of aliphatic hydroxyl groups is 8. The highest BCUT2D eigenvalue weighted by atomic mass is 16.8. The van der Waals surface area contributed by atoms with E-state index < -0.39 is 145 Å². The first-order chi connectivity index (χ1) is 24.6. The highest BCUT2D eigenvalue weighted by molar-refractivity contribution is 5.88. The topological polar surface area (TPSA) is 328 Å². The van der Waals surface area contributed by atoms with Gasteiger partial charge in [-0.15, -0.1) is 0 Å². The molecule has 12 N–H and O–H groups in total. The zero-order valence-electron chi connectivity index (χ0n) is 27.0. The van der Waals surface area contributed by atoms with Crippen molar-refractivity contribution in [3.63, 3.8) is 0 Å². The SMILES string of the molecule is C[C@@H]1O[C@@H](OC[C@H]2O[C@@H](Oc3c(-c4ccc(O)c(O)c4)oc4cc(O)cc(O)c4c3=O)[C@H](O[C@@H]3OC[C@@H](O)[C@H](O)[C@H]3O)[C@@H](O)[C@@H]2O)[C@H](O)[C@H](O)[C@H]1O. The lowest BCUT2D eigenvalue weighted by molar-refractivity contribution is -0.352. The number of benzene rings is 2. The average molecular weight is 743 g/mol. The molecule has 0 spiro atoms. The Morgan fingerprint density at radius 2 is 1.44 bits per heavy atom. The Labute approximate surface area is 292 Å². The summed E-state index contributed by atoms with van der Waals surface area (Å²) in [7, 11) is 0. The van der Waals surface area contributed by atoms with Gasteiger partial charge in [-0.05, 0) is 25.1 Å². The molecule has 52 heavy (non-hydrogen) atoms. The van der Waals surface area contributed by atoms with Gasteiger partial charge in [0.2, 0.25) is 17.5 Å². The number of phenols is 4. The van der Waals surface area contributed by atoms with E-state index in [1.165, 1.54) is 13.0 Å². The fourth-order valence-electron chi connectivity index (χ4n) is 6.02. The maximum atomic E-state index is 14.0. The lowest BCUT2D eigenvalue weighted by Crippen LogP contribution is -2.64. The molecule has 3 aliphatic rings. The molecule has 20 heteroatoms. The van der Waals surface area contributed by atoms with Crippen LogP contribution in [0, 0.1) is 0 Å². The summed E-state index contributed by atoms with van der Waals surface area (Å²) in [6, 6.07) is 5.09. The van der Waals surface area contributed by atoms with Gasteiger partial charge in [0.1, 0.15) is 77.4 Å². The second kappa shape index (κ2) is 14.9. The van der Waals surface area contributed by atoms with E-state index in [9.17, 15) is 66.1 Å². The number of phenolic OH excluding ortho intramolecular Hbond substituents is 4. The van der Waals surface area contributed by atoms with E-state index in [0.717, 1.165) is 24.3 Å². The Morgan fingerprint density at radius 1 is 0.731 bits per heavy atom. The number of rotatable bonds is 8. The van der Waals surface area contributed by atoms with Crippen LogP contribution in [0.2, 0.25) is 0 Å². The van der Waals surface area contributed by atoms with Gasteiger partial charge >= 0.3 is 0 Å². The molecular formula is C32H38O20. The van der Waals surface area contributed by atoms with Gasteiger partial charge in [0.05, 0.1) is 19.3 Å². The molecule has 3 saturated heterocycles. The van der Waals surface area contributed by atoms with Crippen molar-refractivity contribution in [2.45, 2.75) is 92.9 Å². The van der Waals surface area contributed by atoms with Gasteiger partial charge in [-0.1, -0.05) is 0 Å². The van der Waals surface area contributed by atoms with Gasteiger partial charge in [0.25, 0.3) is 0 Å². The summed E-state index contributed by atoms with van der Waals surface area (Å²) in [5, 5.41) is 124. The number of aliphatic hydroxyl groups excluding tert-OH is 8. The van der Waals surface area contributed by atoms with E-state index in [0.29, 0.717) is 0 Å². The first-order valence-electron chi connectivity index (χ1n) is 15.9. The Hall–Kier alpha value is -3.87. The number of fused-ring (bicyclic) bond motifs is 1. The van der Waals surface area contributed by atoms with Crippen LogP contribution in [0.15, 0.2) is 39.5 Å². The van der Waals surface area contributed by atoms with E-state index in [1.54, 1.807) is 0 Å². The first kappa shape index (κ1) is 37.9. The number of aromatic hydroxyl groups is 4. The minimum absolute atomic E-state index is 0.0951. The smallest absolute Gasteiger partial charge is 0.239 e. The lowest BCUT2D eigenvalue weighted by Gasteiger charge is -2.45. The van der Waals surface area contributed by atoms with E-state index in [-0.39, 0.29) is 11.1 Å². The van der Waals surface area contributed by atoms with Gasteiger partial charge in [-0.3, -0.25) is 4.79 Å². The molecule has 6 rings (SSSR count). The molecule has 0 amide bonds. The van der Waals surface area contributed by atoms with Crippen LogP contribution in [-0.2, 0) is 23.7 Å². The van der Waals surface area contributed by atoms with Crippen LogP contribution in [0.1, 0.15) is 6.92 Å². The van der Waals surface area contributed by atoms with Crippen LogP contribution >= 0.6 is 0 Å². The van der Waals surface area contributed by atoms with Crippen molar-refractivity contribution < 1.29 is 94.1 Å². The molecule has 0 bridgehead atoms. The van der Waals surface area contributed by atoms with E-state index in [1.807, 2.05) is 0 Å². The molecule has 1 aromatic heterocycles. The van der Waals surface area contributed by atoms with Crippen LogP contribution in [0.4, 0.5) is 0 Å². The third-order valence-corrected chi connectivity index (χ3v) is 9.01. The van der Waals surface area contributed by atoms with Crippen LogP contribution < -0.4 is 10.2 Å². The fourth-order valence-corrected chi connectivity index (χ4v) is 6.02. The van der Waals surface area contributed by atoms with Crippen molar-refractivity contribution >= 4 is 11.0 Å². The summed E-state index contributed by atoms with van der Waals surface area (Å²) >= 11 is 0. The molecule has 0 radical (unpaired) electrons. The van der Waals surface area contributed by atoms with Crippen molar-refractivity contribution in [3.8, 4) is 40.1 Å². The summed E-state index contributed by atoms with van der Waals surface area (Å²) in [6.07, 6.45) is -23.9. The fraction of sp³-hybridized carbons (Fsp3) is 0.531. The maximum Gasteiger partial charge on any atom is 0.239 e. The largest absolute Gasteiger partial charge is 0.508 e. The first-order valence-corrected chi connectivity index (χ1v) is 15.9. The monoisotopic (exact) mass is 742 g/mol. The highest BCUT2D eigenvalue weighted by Crippen LogP contribution is 2.40. The van der Waals surface area contributed by atoms with Crippen LogP contribution in [-0.4, -0.2) is 161 Å². The second-order valence-corrected chi connectivity index (χ2v) is 12.6. The Kier molecular flexibility index (Phi) is 10.8. The van der Waals surface area contributed by atoms with Crippen LogP contribution in [0.3, 0.4) is 0 Å². The third kappa shape index (κ3) is 7.09. The number of hydrogen-bond donors (Lipinski definition) is 12. The zero-order chi connectivity index (χ0) is 37.8. The van der Waals surface area contributed by atoms with E-state index in [2.05, 4.69) is 0 Å². The van der Waals surface area contributed by atoms with Crippen molar-refractivity contribution in [1.82, 2.24) is 0 Å². The molecule has 0 unspecified atom stereocenters. The predicted molar refractivity (Wildman–Crippen MR) is 167 cm³/mol. The quantitative estimate of drug-likeness (QED) is 0.101. The van der Waals surface area contributed by atoms with Crippen LogP contribution in [0.5, 0.6) is 28.7 Å². The average Bonchev–Trinajstić information content (AvgIpc) is 3.10. The van der Waals surface area contributed by atoms with Crippen molar-refractivity contribution in [1.29, 1.82) is 0 Å². The summed E-state index contributed by atoms with van der Waals surface area (Å²) in [5.41, 5.74) is -1.54. The molecule has 20 nitrogen and oxygen atoms in total. The van der Waals surface area contributed by atoms with Crippen LogP contribution in [0.25, 0.3) is 22.3 Å². The van der Waals surface area contributed by atoms with E-state index >= 15 is 0 Å². The van der Waals surface area contributed by atoms with Crippen molar-refractivity contribution in [2.75, 3.05) is 13.2 Å². The number of hydrogen-bond acceptors (Lipinski definition) is 20. The molecule has 4 heterocycles. The standard InChI is InChI=1S/C32H38O20/c1-9-19(38)23(42)26(45)30(48-9)47-8-17-21(40)24(43)29(52-31-25(44)20(39)15(37)7-46-31)32(50-17)51-28-22(41)18-14(36)5-11(33)6-16(18)49-27(28)10-2-3-12(34)13(35)4-10/h2-6,9,15,17,19-21,23-26,29-40,42-45H,7-8H2,1H3/t9-,15+,17+,19-,20-,21+,23+,24-,25+,26+,29+,30+,31-,32-/m0/s1. The lowest BCUT2D eigenvalue weighted by atomic mass is 9.98. The Balaban J connectivity index is 1.39. The third-order valence-electron chi connectivity index (χ3n) is 9.01. The zero-order valence-corrected chi connectivity index (χ0v) is 27.0. The van der Waals surface area contributed by atoms with Gasteiger partial charge in [-0.2, -0.15) is 0 Å². The number of ether oxygens (including phenoxy) is 6. The summed E-state index contributed by atoms with van der Waals surface area (Å²) < 4.78 is 39.7. The molecule has 0 saturated carbocycles. The summed E-state index contributed by atoms with van der Waals surface area (Å²) in [6.45, 7) is 0.171. The summed E-state index contributed by atoms with van der Waals surface area (Å²) in [5.74, 6) is -3.67. The summed E-state index contributed by atoms with van der Waals surface area (Å²) in [4.78, 5) is 14.0. The highest BCUT2D eigenvalue weighted by Gasteiger charge is 2.51. The molecule has 3 aromatic rings. The van der Waals surface area contributed by atoms with Crippen molar-refractivity contribution in [3.05, 3.63) is 40.6 Å². The molecule has 286 valence electrons. The molecule has 0 aliphatic carbocycles. The molecule has 3 aliphatic heterocycles. The van der Waals surface area contributed by atoms with Gasteiger partial charge in [0, 0.05) is 17.7 Å². The Bertz CT molecular complexity index is 1800. The van der Waals surface area contributed by atoms with Crippen molar-refractivity contribution in [2.24, 2.45) is 0 Å². The minimum Gasteiger partial charge on any atom is -0.508 e. The minimum atomic E-state index is -2.03. The molecular weight excluding hydrogens is 704 g/mol. The molecule has 2 aromatic carbocycles. The van der Waals surface area contributed by atoms with E-state index in [4.69, 9.17) is 32.8 Å². The van der Waals surface area contributed by atoms with Gasteiger partial charge in [-0.25, -0.2) is 0 Å². The predicted octanol–water partition coefficient (Wildman–Crippen LogP) is -3.22. The molecule has 14 atom stereocenters. The second-order valence-electron chi connectivity index (χ2n) is 12.6. The van der Waals surface area contributed by atoms with Gasteiger partial charge in [0.15, 0.2) is 35.9 Å². The Morgan fingerprint density at radius 3 is 2.15 bits per heavy atom.